The van der Waals surface area contributed by atoms with Crippen LogP contribution in [0.3, 0.4) is 0 Å². The molecule has 1 unspecified atom stereocenters. The molecule has 1 amide bonds. The van der Waals surface area contributed by atoms with Crippen molar-refractivity contribution in [3.63, 3.8) is 0 Å². The van der Waals surface area contributed by atoms with Gasteiger partial charge in [-0.25, -0.2) is 0 Å². The van der Waals surface area contributed by atoms with Gasteiger partial charge in [-0.2, -0.15) is 0 Å². The summed E-state index contributed by atoms with van der Waals surface area (Å²) in [7, 11) is 0. The molecule has 0 radical (unpaired) electrons. The number of nitrogens with two attached hydrogens (primary N) is 1. The van der Waals surface area contributed by atoms with Gasteiger partial charge in [-0.05, 0) is 40.0 Å². The first-order valence-corrected chi connectivity index (χ1v) is 6.52. The molecule has 1 aromatic carbocycles. The topological polar surface area (TPSA) is 55.1 Å². The Labute approximate surface area is 112 Å². The van der Waals surface area contributed by atoms with Crippen molar-refractivity contribution in [1.82, 2.24) is 0 Å². The molecule has 0 aliphatic carbocycles. The number of carbonyl (C=O) groups excluding carboxylic acids is 1. The van der Waals surface area contributed by atoms with Gasteiger partial charge in [0.05, 0.1) is 11.7 Å². The van der Waals surface area contributed by atoms with Crippen molar-refractivity contribution < 1.29 is 4.79 Å². The van der Waals surface area contributed by atoms with Gasteiger partial charge in [-0.1, -0.05) is 29.8 Å². The fourth-order valence-electron chi connectivity index (χ4n) is 1.11. The molecule has 0 aromatic heterocycles. The summed E-state index contributed by atoms with van der Waals surface area (Å²) >= 11 is 6.72. The number of halogens is 2. The lowest BCUT2D eigenvalue weighted by Gasteiger charge is -2.16. The highest BCUT2D eigenvalue weighted by molar-refractivity contribution is 9.11. The second-order valence-corrected chi connectivity index (χ2v) is 5.65. The molecule has 1 aromatic rings. The van der Waals surface area contributed by atoms with E-state index in [1.807, 2.05) is 32.0 Å². The van der Waals surface area contributed by atoms with Crippen LogP contribution < -0.4 is 11.1 Å². The third-order valence-electron chi connectivity index (χ3n) is 2.21. The highest BCUT2D eigenvalue weighted by Crippen LogP contribution is 2.26. The average molecular weight is 350 g/mol. The summed E-state index contributed by atoms with van der Waals surface area (Å²) in [6, 6.07) is 5.06. The maximum absolute atomic E-state index is 11.7. The highest BCUT2D eigenvalue weighted by Gasteiger charge is 2.17. The molecule has 0 saturated heterocycles. The van der Waals surface area contributed by atoms with Crippen molar-refractivity contribution in [3.05, 3.63) is 27.1 Å². The number of benzene rings is 1. The molecule has 1 atom stereocenters. The molecule has 0 bridgehead atoms. The number of amides is 1. The largest absolute Gasteiger partial charge is 0.324 e. The normalized spacial score (nSPS) is 12.6. The first-order chi connectivity index (χ1) is 7.41. The zero-order valence-corrected chi connectivity index (χ0v) is 12.3. The Morgan fingerprint density at radius 1 is 1.38 bits per heavy atom. The van der Waals surface area contributed by atoms with Crippen LogP contribution in [0.2, 0.25) is 0 Å². The van der Waals surface area contributed by atoms with Crippen molar-refractivity contribution in [2.45, 2.75) is 19.9 Å². The third-order valence-corrected chi connectivity index (χ3v) is 3.36. The molecule has 0 spiro atoms. The number of carbonyl (C=O) groups is 1. The lowest BCUT2D eigenvalue weighted by atomic mass is 10.1. The Balaban J connectivity index is 2.77. The summed E-state index contributed by atoms with van der Waals surface area (Å²) < 4.78 is 1.77. The summed E-state index contributed by atoms with van der Waals surface area (Å²) in [6.07, 6.45) is 0. The van der Waals surface area contributed by atoms with Gasteiger partial charge < -0.3 is 11.1 Å². The van der Waals surface area contributed by atoms with Crippen molar-refractivity contribution >= 4 is 43.5 Å². The van der Waals surface area contributed by atoms with Gasteiger partial charge in [-0.15, -0.1) is 0 Å². The maximum Gasteiger partial charge on any atom is 0.241 e. The lowest BCUT2D eigenvalue weighted by molar-refractivity contribution is -0.118. The van der Waals surface area contributed by atoms with Crippen LogP contribution in [0, 0.1) is 5.92 Å². The summed E-state index contributed by atoms with van der Waals surface area (Å²) in [5.41, 5.74) is 6.48. The van der Waals surface area contributed by atoms with E-state index < -0.39 is 6.04 Å². The fraction of sp³-hybridized carbons (Fsp3) is 0.364. The van der Waals surface area contributed by atoms with Crippen LogP contribution in [0.15, 0.2) is 27.1 Å². The summed E-state index contributed by atoms with van der Waals surface area (Å²) in [5.74, 6) is -0.0488. The predicted octanol–water partition coefficient (Wildman–Crippen LogP) is 3.13. The molecular weight excluding hydrogens is 336 g/mol. The summed E-state index contributed by atoms with van der Waals surface area (Å²) in [6.45, 7) is 3.84. The van der Waals surface area contributed by atoms with Gasteiger partial charge in [0.1, 0.15) is 0 Å². The van der Waals surface area contributed by atoms with E-state index in [1.54, 1.807) is 0 Å². The molecule has 88 valence electrons. The van der Waals surface area contributed by atoms with E-state index in [4.69, 9.17) is 5.73 Å². The van der Waals surface area contributed by atoms with Crippen molar-refractivity contribution in [1.29, 1.82) is 0 Å². The maximum atomic E-state index is 11.7. The van der Waals surface area contributed by atoms with Gasteiger partial charge >= 0.3 is 0 Å². The minimum Gasteiger partial charge on any atom is -0.324 e. The Hall–Kier alpha value is -0.390. The molecule has 3 N–H and O–H groups in total. The van der Waals surface area contributed by atoms with Crippen molar-refractivity contribution in [3.8, 4) is 0 Å². The monoisotopic (exact) mass is 348 g/mol. The van der Waals surface area contributed by atoms with Crippen LogP contribution in [0.1, 0.15) is 13.8 Å². The number of rotatable bonds is 3. The number of hydrogen-bond donors (Lipinski definition) is 2. The average Bonchev–Trinajstić information content (AvgIpc) is 2.20. The number of nitrogens with one attached hydrogen (secondary N) is 1. The van der Waals surface area contributed by atoms with Crippen LogP contribution in [0.4, 0.5) is 5.69 Å². The summed E-state index contributed by atoms with van der Waals surface area (Å²) in [5, 5.41) is 2.79. The summed E-state index contributed by atoms with van der Waals surface area (Å²) in [4.78, 5) is 11.7. The zero-order valence-electron chi connectivity index (χ0n) is 9.13. The first kappa shape index (κ1) is 13.7. The fourth-order valence-corrected chi connectivity index (χ4v) is 2.26. The smallest absolute Gasteiger partial charge is 0.241 e. The predicted molar refractivity (Wildman–Crippen MR) is 73.3 cm³/mol. The highest BCUT2D eigenvalue weighted by atomic mass is 79.9. The van der Waals surface area contributed by atoms with E-state index in [-0.39, 0.29) is 11.8 Å². The first-order valence-electron chi connectivity index (χ1n) is 4.93. The van der Waals surface area contributed by atoms with Crippen molar-refractivity contribution in [2.75, 3.05) is 5.32 Å². The van der Waals surface area contributed by atoms with Crippen LogP contribution in [0.5, 0.6) is 0 Å². The Kier molecular flexibility index (Phi) is 4.95. The second kappa shape index (κ2) is 5.80. The van der Waals surface area contributed by atoms with E-state index in [0.717, 1.165) is 14.6 Å². The third kappa shape index (κ3) is 3.57. The van der Waals surface area contributed by atoms with Crippen LogP contribution in [0.25, 0.3) is 0 Å². The Morgan fingerprint density at radius 3 is 2.50 bits per heavy atom. The molecule has 0 fully saturated rings. The molecule has 0 aliphatic heterocycles. The van der Waals surface area contributed by atoms with E-state index in [2.05, 4.69) is 37.2 Å². The van der Waals surface area contributed by atoms with Gasteiger partial charge in [-0.3, -0.25) is 4.79 Å². The van der Waals surface area contributed by atoms with E-state index in [1.165, 1.54) is 0 Å². The molecule has 1 rings (SSSR count). The van der Waals surface area contributed by atoms with E-state index in [0.29, 0.717) is 0 Å². The molecule has 16 heavy (non-hydrogen) atoms. The van der Waals surface area contributed by atoms with E-state index >= 15 is 0 Å². The van der Waals surface area contributed by atoms with Crippen LogP contribution >= 0.6 is 31.9 Å². The molecule has 3 nitrogen and oxygen atoms in total. The number of hydrogen-bond acceptors (Lipinski definition) is 2. The minimum absolute atomic E-state index is 0.120. The zero-order chi connectivity index (χ0) is 12.3. The van der Waals surface area contributed by atoms with Crippen LogP contribution in [-0.2, 0) is 4.79 Å². The molecular formula is C11H14Br2N2O. The standard InChI is InChI=1S/C11H14Br2N2O/c1-6(2)10(14)11(16)15-9-4-3-7(12)5-8(9)13/h3-6,10H,14H2,1-2H3,(H,15,16). The van der Waals surface area contributed by atoms with Gasteiger partial charge in [0.2, 0.25) is 5.91 Å². The SMILES string of the molecule is CC(C)C(N)C(=O)Nc1ccc(Br)cc1Br. The number of anilines is 1. The molecule has 0 aliphatic rings. The van der Waals surface area contributed by atoms with E-state index in [9.17, 15) is 4.79 Å². The quantitative estimate of drug-likeness (QED) is 0.880. The van der Waals surface area contributed by atoms with Gasteiger partial charge in [0.15, 0.2) is 0 Å². The second-order valence-electron chi connectivity index (χ2n) is 3.88. The lowest BCUT2D eigenvalue weighted by Crippen LogP contribution is -2.39. The Bertz CT molecular complexity index is 394. The molecule has 0 heterocycles. The van der Waals surface area contributed by atoms with Crippen LogP contribution in [-0.4, -0.2) is 11.9 Å². The minimum atomic E-state index is -0.490. The Morgan fingerprint density at radius 2 is 2.00 bits per heavy atom. The van der Waals surface area contributed by atoms with Gasteiger partial charge in [0.25, 0.3) is 0 Å². The molecule has 5 heteroatoms. The van der Waals surface area contributed by atoms with Crippen molar-refractivity contribution in [2.24, 2.45) is 11.7 Å². The molecule has 0 saturated carbocycles. The van der Waals surface area contributed by atoms with Gasteiger partial charge in [0, 0.05) is 8.95 Å².